The third kappa shape index (κ3) is 12.7. The van der Waals surface area contributed by atoms with Crippen molar-refractivity contribution >= 4 is 162 Å². The van der Waals surface area contributed by atoms with E-state index in [9.17, 15) is 28.8 Å². The Hall–Kier alpha value is -5.16. The van der Waals surface area contributed by atoms with Gasteiger partial charge in [-0.25, -0.2) is 0 Å². The number of amides is 4. The standard InChI is InChI=1S/C40H26Cl8N8O6/c1-17(57)35(55-53-23-3-5-29(45)27(15-23)37(59)49-25-11-19(41)9-20(42)12-25)39(61)51-31-7-8-32(34(48)33(31)47)52-40(62)36(18(2)58)56-54-24-4-6-30(46)28(16-24)38(60)50-26-13-21(43)10-22(44)14-26/h3-16,35-36H,1-2H3,(H,49,59)(H,50,60)(H,51,61)(H,52,62). The van der Waals surface area contributed by atoms with Gasteiger partial charge in [0.1, 0.15) is 0 Å². The summed E-state index contributed by atoms with van der Waals surface area (Å²) in [6.07, 6.45) is 0. The second kappa shape index (κ2) is 21.3. The number of anilines is 4. The fourth-order valence-corrected chi connectivity index (χ4v) is 7.06. The number of nitrogens with one attached hydrogen (secondary N) is 4. The van der Waals surface area contributed by atoms with Crippen molar-refractivity contribution in [1.29, 1.82) is 0 Å². The van der Waals surface area contributed by atoms with Gasteiger partial charge in [-0.1, -0.05) is 92.8 Å². The first-order chi connectivity index (χ1) is 29.3. The minimum Gasteiger partial charge on any atom is -0.322 e. The minimum absolute atomic E-state index is 0.00608. The molecule has 22 heteroatoms. The van der Waals surface area contributed by atoms with Gasteiger partial charge in [0, 0.05) is 31.5 Å². The first kappa shape index (κ1) is 47.9. The van der Waals surface area contributed by atoms with Gasteiger partial charge in [0.05, 0.1) is 54.0 Å². The topological polar surface area (TPSA) is 200 Å². The van der Waals surface area contributed by atoms with Crippen LogP contribution in [0.1, 0.15) is 34.6 Å². The summed E-state index contributed by atoms with van der Waals surface area (Å²) >= 11 is 49.5. The molecule has 0 aliphatic rings. The lowest BCUT2D eigenvalue weighted by Crippen LogP contribution is -2.32. The number of hydrogen-bond donors (Lipinski definition) is 4. The molecule has 5 rings (SSSR count). The van der Waals surface area contributed by atoms with Gasteiger partial charge in [-0.15, -0.1) is 0 Å². The SMILES string of the molecule is CC(=O)C(N=Nc1ccc(Cl)c(C(=O)Nc2cc(Cl)cc(Cl)c2)c1)C(=O)Nc1ccc(NC(=O)C(N=Nc2ccc(Cl)c(C(=O)Nc3cc(Cl)cc(Cl)c3)c2)C(C)=O)c(Cl)c1Cl. The maximum atomic E-state index is 13.3. The summed E-state index contributed by atoms with van der Waals surface area (Å²) in [5.74, 6) is -4.56. The second-order valence-corrected chi connectivity index (χ2v) is 16.1. The van der Waals surface area contributed by atoms with Crippen molar-refractivity contribution in [3.05, 3.63) is 136 Å². The Labute approximate surface area is 392 Å². The van der Waals surface area contributed by atoms with Crippen LogP contribution in [0.25, 0.3) is 0 Å². The van der Waals surface area contributed by atoms with Gasteiger partial charge < -0.3 is 21.3 Å². The molecule has 0 radical (unpaired) electrons. The highest BCUT2D eigenvalue weighted by Gasteiger charge is 2.27. The van der Waals surface area contributed by atoms with Crippen molar-refractivity contribution in [2.24, 2.45) is 20.5 Å². The molecule has 0 bridgehead atoms. The van der Waals surface area contributed by atoms with Crippen molar-refractivity contribution in [3.8, 4) is 0 Å². The van der Waals surface area contributed by atoms with Gasteiger partial charge >= 0.3 is 0 Å². The number of rotatable bonds is 14. The van der Waals surface area contributed by atoms with Crippen LogP contribution >= 0.6 is 92.8 Å². The molecular weight excluding hydrogens is 972 g/mol. The fourth-order valence-electron chi connectivity index (χ4n) is 5.18. The van der Waals surface area contributed by atoms with Crippen LogP contribution in [0.5, 0.6) is 0 Å². The minimum atomic E-state index is -1.68. The van der Waals surface area contributed by atoms with Crippen LogP contribution in [0, 0.1) is 0 Å². The summed E-state index contributed by atoms with van der Waals surface area (Å²) in [6, 6.07) is 16.2. The van der Waals surface area contributed by atoms with Crippen molar-refractivity contribution < 1.29 is 28.8 Å². The molecule has 0 aromatic heterocycles. The third-order valence-corrected chi connectivity index (χ3v) is 10.5. The number of Topliss-reactive ketones (excluding diaryl/α,β-unsaturated/α-hetero) is 2. The van der Waals surface area contributed by atoms with E-state index in [-0.39, 0.29) is 54.0 Å². The average Bonchev–Trinajstić information content (AvgIpc) is 3.18. The lowest BCUT2D eigenvalue weighted by atomic mass is 10.1. The first-order valence-corrected chi connectivity index (χ1v) is 20.4. The number of halogens is 8. The number of carbonyl (C=O) groups is 6. The Balaban J connectivity index is 1.26. The van der Waals surface area contributed by atoms with Crippen molar-refractivity contribution in [2.75, 3.05) is 21.3 Å². The molecule has 0 heterocycles. The molecule has 5 aromatic carbocycles. The summed E-state index contributed by atoms with van der Waals surface area (Å²) in [7, 11) is 0. The highest BCUT2D eigenvalue weighted by Crippen LogP contribution is 2.37. The van der Waals surface area contributed by atoms with E-state index in [1.165, 1.54) is 84.9 Å². The molecule has 2 unspecified atom stereocenters. The Morgan fingerprint density at radius 3 is 1.11 bits per heavy atom. The predicted molar refractivity (Wildman–Crippen MR) is 243 cm³/mol. The Morgan fingerprint density at radius 2 is 0.790 bits per heavy atom. The normalized spacial score (nSPS) is 12.2. The summed E-state index contributed by atoms with van der Waals surface area (Å²) in [6.45, 7) is 2.22. The molecule has 0 spiro atoms. The molecule has 0 fully saturated rings. The van der Waals surface area contributed by atoms with Crippen LogP contribution in [0.15, 0.2) is 105 Å². The van der Waals surface area contributed by atoms with Crippen LogP contribution in [-0.4, -0.2) is 47.3 Å². The van der Waals surface area contributed by atoms with Crippen molar-refractivity contribution in [2.45, 2.75) is 25.9 Å². The number of hydrogen-bond acceptors (Lipinski definition) is 10. The number of carbonyl (C=O) groups excluding carboxylic acids is 6. The molecule has 4 N–H and O–H groups in total. The van der Waals surface area contributed by atoms with E-state index in [1.54, 1.807) is 0 Å². The monoisotopic (exact) mass is 994 g/mol. The van der Waals surface area contributed by atoms with Gasteiger partial charge in [0.15, 0.2) is 11.6 Å². The number of benzene rings is 5. The summed E-state index contributed by atoms with van der Waals surface area (Å²) in [5, 5.41) is 26.7. The van der Waals surface area contributed by atoms with E-state index in [0.717, 1.165) is 13.8 Å². The van der Waals surface area contributed by atoms with Crippen LogP contribution < -0.4 is 21.3 Å². The summed E-state index contributed by atoms with van der Waals surface area (Å²) in [4.78, 5) is 77.5. The lowest BCUT2D eigenvalue weighted by Gasteiger charge is -2.15. The molecule has 0 saturated heterocycles. The average molecular weight is 998 g/mol. The largest absolute Gasteiger partial charge is 0.322 e. The van der Waals surface area contributed by atoms with Crippen LogP contribution in [0.4, 0.5) is 34.1 Å². The van der Waals surface area contributed by atoms with Gasteiger partial charge in [-0.05, 0) is 98.8 Å². The molecule has 4 amide bonds. The Bertz CT molecular complexity index is 2490. The van der Waals surface area contributed by atoms with E-state index in [2.05, 4.69) is 41.7 Å². The zero-order valence-electron chi connectivity index (χ0n) is 31.5. The molecule has 0 aliphatic heterocycles. The van der Waals surface area contributed by atoms with E-state index < -0.39 is 47.3 Å². The zero-order valence-corrected chi connectivity index (χ0v) is 37.5. The molecule has 0 aliphatic carbocycles. The lowest BCUT2D eigenvalue weighted by molar-refractivity contribution is -0.127. The van der Waals surface area contributed by atoms with Gasteiger partial charge in [0.2, 0.25) is 12.1 Å². The molecule has 14 nitrogen and oxygen atoms in total. The smallest absolute Gasteiger partial charge is 0.258 e. The molecule has 318 valence electrons. The van der Waals surface area contributed by atoms with Crippen molar-refractivity contribution in [3.63, 3.8) is 0 Å². The van der Waals surface area contributed by atoms with Gasteiger partial charge in [0.25, 0.3) is 23.6 Å². The molecule has 62 heavy (non-hydrogen) atoms. The second-order valence-electron chi connectivity index (χ2n) is 12.8. The van der Waals surface area contributed by atoms with E-state index in [4.69, 9.17) is 92.8 Å². The quantitative estimate of drug-likeness (QED) is 0.0630. The molecule has 2 atom stereocenters. The summed E-state index contributed by atoms with van der Waals surface area (Å²) in [5.41, 5.74) is 0.604. The van der Waals surface area contributed by atoms with Gasteiger partial charge in [-0.3, -0.25) is 28.8 Å². The van der Waals surface area contributed by atoms with Crippen LogP contribution in [0.2, 0.25) is 40.2 Å². The zero-order chi connectivity index (χ0) is 45.4. The number of ketones is 2. The number of azo groups is 2. The predicted octanol–water partition coefficient (Wildman–Crippen LogP) is 12.8. The Morgan fingerprint density at radius 1 is 0.452 bits per heavy atom. The van der Waals surface area contributed by atoms with E-state index in [0.29, 0.717) is 31.5 Å². The van der Waals surface area contributed by atoms with E-state index >= 15 is 0 Å². The van der Waals surface area contributed by atoms with E-state index in [1.807, 2.05) is 0 Å². The highest BCUT2D eigenvalue weighted by atomic mass is 35.5. The first-order valence-electron chi connectivity index (χ1n) is 17.4. The molecular formula is C40H26Cl8N8O6. The highest BCUT2D eigenvalue weighted by molar-refractivity contribution is 6.46. The summed E-state index contributed by atoms with van der Waals surface area (Å²) < 4.78 is 0. The number of nitrogens with zero attached hydrogens (tertiary/aromatic N) is 4. The van der Waals surface area contributed by atoms with Crippen LogP contribution in [0.3, 0.4) is 0 Å². The maximum Gasteiger partial charge on any atom is 0.258 e. The third-order valence-electron chi connectivity index (χ3n) is 8.07. The van der Waals surface area contributed by atoms with Crippen molar-refractivity contribution in [1.82, 2.24) is 0 Å². The molecule has 5 aromatic rings. The fraction of sp³-hybridized carbons (Fsp3) is 0.100. The Kier molecular flexibility index (Phi) is 16.4. The maximum absolute atomic E-state index is 13.3. The molecule has 0 saturated carbocycles. The van der Waals surface area contributed by atoms with Gasteiger partial charge in [-0.2, -0.15) is 20.5 Å². The van der Waals surface area contributed by atoms with Crippen LogP contribution in [-0.2, 0) is 19.2 Å².